The van der Waals surface area contributed by atoms with Crippen molar-refractivity contribution in [1.29, 1.82) is 0 Å². The number of hydrogen-bond acceptors (Lipinski definition) is 6. The van der Waals surface area contributed by atoms with Crippen molar-refractivity contribution in [2.75, 3.05) is 13.7 Å². The second-order valence-corrected chi connectivity index (χ2v) is 9.79. The van der Waals surface area contributed by atoms with Gasteiger partial charge in [0.2, 0.25) is 0 Å². The lowest BCUT2D eigenvalue weighted by Gasteiger charge is -2.19. The van der Waals surface area contributed by atoms with Gasteiger partial charge in [-0.25, -0.2) is 9.78 Å². The number of aromatic nitrogens is 2. The fraction of sp³-hybridized carbons (Fsp3) is 0.300. The largest absolute Gasteiger partial charge is 0.507 e. The summed E-state index contributed by atoms with van der Waals surface area (Å²) in [5.41, 5.74) is 2.49. The maximum absolute atomic E-state index is 13.5. The van der Waals surface area contributed by atoms with Crippen molar-refractivity contribution in [3.63, 3.8) is 0 Å². The Labute approximate surface area is 216 Å². The number of carbonyl (C=O) groups excluding carboxylic acids is 1. The Hall–Kier alpha value is -4.13. The summed E-state index contributed by atoms with van der Waals surface area (Å²) in [5.74, 6) is -0.0513. The van der Waals surface area contributed by atoms with E-state index in [0.717, 1.165) is 22.5 Å². The van der Waals surface area contributed by atoms with Crippen molar-refractivity contribution >= 4 is 16.9 Å². The molecule has 192 valence electrons. The zero-order valence-electron chi connectivity index (χ0n) is 21.8. The van der Waals surface area contributed by atoms with Crippen molar-refractivity contribution in [1.82, 2.24) is 9.55 Å². The number of benzene rings is 2. The normalized spacial score (nSPS) is 11.3. The summed E-state index contributed by atoms with van der Waals surface area (Å²) < 4.78 is 12.3. The van der Waals surface area contributed by atoms with E-state index in [2.05, 4.69) is 19.9 Å². The molecule has 0 aliphatic rings. The second-order valence-electron chi connectivity index (χ2n) is 9.79. The minimum absolute atomic E-state index is 0.0489. The van der Waals surface area contributed by atoms with E-state index in [1.807, 2.05) is 50.2 Å². The zero-order valence-corrected chi connectivity index (χ0v) is 21.8. The number of carbonyl (C=O) groups is 1. The highest BCUT2D eigenvalue weighted by molar-refractivity contribution is 5.97. The third-order valence-corrected chi connectivity index (χ3v) is 6.19. The predicted molar refractivity (Wildman–Crippen MR) is 144 cm³/mol. The van der Waals surface area contributed by atoms with E-state index in [1.54, 1.807) is 19.2 Å². The highest BCUT2D eigenvalue weighted by Gasteiger charge is 2.26. The first-order valence-corrected chi connectivity index (χ1v) is 12.4. The van der Waals surface area contributed by atoms with Gasteiger partial charge in [-0.15, -0.1) is 0 Å². The van der Waals surface area contributed by atoms with Gasteiger partial charge in [0.15, 0.2) is 0 Å². The maximum atomic E-state index is 13.5. The van der Waals surface area contributed by atoms with E-state index in [1.165, 1.54) is 4.57 Å². The van der Waals surface area contributed by atoms with Crippen LogP contribution in [0.1, 0.15) is 55.2 Å². The van der Waals surface area contributed by atoms with Gasteiger partial charge in [0.25, 0.3) is 5.56 Å². The van der Waals surface area contributed by atoms with Crippen LogP contribution < -0.4 is 10.3 Å². The van der Waals surface area contributed by atoms with Crippen LogP contribution in [0.25, 0.3) is 22.2 Å². The molecule has 0 aliphatic carbocycles. The lowest BCUT2D eigenvalue weighted by molar-refractivity contribution is 0.0445. The molecule has 0 aliphatic heterocycles. The highest BCUT2D eigenvalue weighted by Crippen LogP contribution is 2.33. The van der Waals surface area contributed by atoms with Gasteiger partial charge in [0, 0.05) is 17.0 Å². The van der Waals surface area contributed by atoms with Crippen molar-refractivity contribution < 1.29 is 19.4 Å². The molecule has 0 atom stereocenters. The van der Waals surface area contributed by atoms with E-state index < -0.39 is 11.5 Å². The molecule has 2 heterocycles. The number of methoxy groups -OCH3 is 1. The predicted octanol–water partition coefficient (Wildman–Crippen LogP) is 5.76. The van der Waals surface area contributed by atoms with E-state index in [9.17, 15) is 14.7 Å². The van der Waals surface area contributed by atoms with Crippen LogP contribution in [0.15, 0.2) is 65.5 Å². The van der Waals surface area contributed by atoms with Gasteiger partial charge in [-0.05, 0) is 35.6 Å². The molecule has 7 heteroatoms. The van der Waals surface area contributed by atoms with Crippen molar-refractivity contribution in [2.24, 2.45) is 5.92 Å². The number of para-hydroxylation sites is 1. The second kappa shape index (κ2) is 10.9. The smallest absolute Gasteiger partial charge is 0.355 e. The van der Waals surface area contributed by atoms with Crippen LogP contribution >= 0.6 is 0 Å². The minimum Gasteiger partial charge on any atom is -0.507 e. The molecule has 0 saturated carbocycles. The third-order valence-electron chi connectivity index (χ3n) is 6.19. The number of pyridine rings is 2. The lowest BCUT2D eigenvalue weighted by Crippen LogP contribution is -2.28. The molecule has 0 fully saturated rings. The van der Waals surface area contributed by atoms with Gasteiger partial charge in [-0.3, -0.25) is 9.36 Å². The fourth-order valence-electron chi connectivity index (χ4n) is 4.20. The number of ether oxygens (including phenoxy) is 2. The Morgan fingerprint density at radius 2 is 1.76 bits per heavy atom. The quantitative estimate of drug-likeness (QED) is 0.309. The van der Waals surface area contributed by atoms with Gasteiger partial charge < -0.3 is 14.6 Å². The molecule has 0 spiro atoms. The van der Waals surface area contributed by atoms with Gasteiger partial charge in [-0.1, -0.05) is 64.1 Å². The first-order valence-electron chi connectivity index (χ1n) is 12.4. The molecule has 4 aromatic rings. The molecule has 0 bridgehead atoms. The molecule has 2 aromatic carbocycles. The Balaban J connectivity index is 1.95. The Kier molecular flexibility index (Phi) is 7.62. The Morgan fingerprint density at radius 3 is 2.46 bits per heavy atom. The summed E-state index contributed by atoms with van der Waals surface area (Å²) in [5, 5.41) is 11.9. The summed E-state index contributed by atoms with van der Waals surface area (Å²) in [6, 6.07) is 18.1. The van der Waals surface area contributed by atoms with Crippen molar-refractivity contribution in [3.05, 3.63) is 87.8 Å². The number of fused-ring (bicyclic) bond motifs is 1. The molecule has 4 rings (SSSR count). The monoisotopic (exact) mass is 500 g/mol. The van der Waals surface area contributed by atoms with E-state index in [0.29, 0.717) is 22.9 Å². The zero-order chi connectivity index (χ0) is 26.7. The third kappa shape index (κ3) is 5.50. The average Bonchev–Trinajstić information content (AvgIpc) is 2.88. The number of rotatable bonds is 8. The first-order chi connectivity index (χ1) is 17.7. The van der Waals surface area contributed by atoms with Crippen molar-refractivity contribution in [3.8, 4) is 22.8 Å². The SMILES string of the molecule is COc1ccccc1Cn1c(C(=O)OCC(C)C)c(-c2ccc3ccc(C(C)C)cc3n2)c(O)cc1=O. The molecular weight excluding hydrogens is 468 g/mol. The average molecular weight is 501 g/mol. The Morgan fingerprint density at radius 1 is 1.03 bits per heavy atom. The molecule has 0 unspecified atom stereocenters. The summed E-state index contributed by atoms with van der Waals surface area (Å²) in [6.45, 7) is 8.28. The number of aromatic hydroxyl groups is 1. The van der Waals surface area contributed by atoms with Crippen LogP contribution in [0.3, 0.4) is 0 Å². The molecule has 0 saturated heterocycles. The first kappa shape index (κ1) is 25.9. The van der Waals surface area contributed by atoms with Crippen LogP contribution in [0.2, 0.25) is 0 Å². The van der Waals surface area contributed by atoms with Crippen LogP contribution in [0.5, 0.6) is 11.5 Å². The summed E-state index contributed by atoms with van der Waals surface area (Å²) in [6.07, 6.45) is 0. The summed E-state index contributed by atoms with van der Waals surface area (Å²) in [7, 11) is 1.55. The van der Waals surface area contributed by atoms with Crippen molar-refractivity contribution in [2.45, 2.75) is 40.2 Å². The number of nitrogens with zero attached hydrogens (tertiary/aromatic N) is 2. The molecule has 0 radical (unpaired) electrons. The van der Waals surface area contributed by atoms with Crippen LogP contribution in [-0.4, -0.2) is 34.3 Å². The summed E-state index contributed by atoms with van der Waals surface area (Å²) in [4.78, 5) is 31.4. The molecule has 1 N–H and O–H groups in total. The van der Waals surface area contributed by atoms with E-state index in [4.69, 9.17) is 14.5 Å². The van der Waals surface area contributed by atoms with Crippen LogP contribution in [0.4, 0.5) is 0 Å². The fourth-order valence-corrected chi connectivity index (χ4v) is 4.20. The number of hydrogen-bond donors (Lipinski definition) is 1. The van der Waals surface area contributed by atoms with E-state index >= 15 is 0 Å². The molecule has 37 heavy (non-hydrogen) atoms. The van der Waals surface area contributed by atoms with Crippen LogP contribution in [0, 0.1) is 5.92 Å². The van der Waals surface area contributed by atoms with Crippen LogP contribution in [-0.2, 0) is 11.3 Å². The highest BCUT2D eigenvalue weighted by atomic mass is 16.5. The van der Waals surface area contributed by atoms with Gasteiger partial charge >= 0.3 is 5.97 Å². The molecule has 0 amide bonds. The Bertz CT molecular complexity index is 1500. The van der Waals surface area contributed by atoms with E-state index in [-0.39, 0.29) is 36.1 Å². The maximum Gasteiger partial charge on any atom is 0.355 e. The van der Waals surface area contributed by atoms with Gasteiger partial charge in [0.1, 0.15) is 17.2 Å². The topological polar surface area (TPSA) is 90.7 Å². The molecular formula is C30H32N2O5. The molecule has 7 nitrogen and oxygen atoms in total. The lowest BCUT2D eigenvalue weighted by atomic mass is 10.0. The minimum atomic E-state index is -0.704. The van der Waals surface area contributed by atoms with Gasteiger partial charge in [-0.2, -0.15) is 0 Å². The standard InChI is InChI=1S/C30H32N2O5/c1-18(2)17-37-30(35)29-28(23-13-12-20-10-11-21(19(3)4)14-24(20)31-23)25(33)15-27(34)32(29)16-22-8-6-7-9-26(22)36-5/h6-15,18-19,33H,16-17H2,1-5H3. The van der Waals surface area contributed by atoms with Gasteiger partial charge in [0.05, 0.1) is 37.0 Å². The molecule has 2 aromatic heterocycles. The summed E-state index contributed by atoms with van der Waals surface area (Å²) >= 11 is 0. The number of esters is 1.